The highest BCUT2D eigenvalue weighted by Crippen LogP contribution is 2.35. The van der Waals surface area contributed by atoms with E-state index in [4.69, 9.17) is 19.8 Å². The van der Waals surface area contributed by atoms with Crippen molar-refractivity contribution in [2.45, 2.75) is 38.2 Å². The number of rotatable bonds is 9. The summed E-state index contributed by atoms with van der Waals surface area (Å²) in [4.78, 5) is 11.9. The molecule has 2 aliphatic rings. The van der Waals surface area contributed by atoms with Crippen LogP contribution in [0.25, 0.3) is 26.0 Å². The van der Waals surface area contributed by atoms with Gasteiger partial charge in [-0.1, -0.05) is 46.9 Å². The lowest BCUT2D eigenvalue weighted by atomic mass is 10.0. The van der Waals surface area contributed by atoms with E-state index in [1.807, 2.05) is 18.2 Å². The molecule has 11 heteroatoms. The summed E-state index contributed by atoms with van der Waals surface area (Å²) in [6.07, 6.45) is 5.71. The Hall–Kier alpha value is -2.57. The van der Waals surface area contributed by atoms with Crippen LogP contribution < -0.4 is 9.64 Å². The van der Waals surface area contributed by atoms with Crippen LogP contribution in [-0.4, -0.2) is 72.4 Å². The second-order valence-electron chi connectivity index (χ2n) is 10.0. The molecule has 0 spiro atoms. The largest absolute Gasteiger partial charge is 0.467 e. The highest BCUT2D eigenvalue weighted by atomic mass is 32.2. The van der Waals surface area contributed by atoms with E-state index in [2.05, 4.69) is 35.2 Å². The molecule has 6 rings (SSSR count). The molecule has 4 aromatic rings. The first-order chi connectivity index (χ1) is 19.0. The van der Waals surface area contributed by atoms with Crippen molar-refractivity contribution in [3.8, 4) is 5.19 Å². The maximum absolute atomic E-state index is 12.6. The van der Waals surface area contributed by atoms with E-state index < -0.39 is 10.0 Å². The number of aliphatic hydroxyl groups is 1. The zero-order valence-electron chi connectivity index (χ0n) is 21.7. The summed E-state index contributed by atoms with van der Waals surface area (Å²) in [5.41, 5.74) is 4.26. The standard InChI is InChI=1S/C28H32N4O4S3/c33-17-3-4-18-39(34,35)32-15-9-20(10-16-32)21-7-8-24-26(19-21)38-28(30-24)36-22-11-13-31(14-12-22)27-29-23-5-1-2-6-25(23)37-27/h1-2,5-9,19,22,33H,3-4,10-18H2. The van der Waals surface area contributed by atoms with Gasteiger partial charge in [0.1, 0.15) is 6.10 Å². The fourth-order valence-corrected chi connectivity index (χ4v) is 8.58. The number of unbranched alkanes of at least 4 members (excludes halogenated alkanes) is 1. The van der Waals surface area contributed by atoms with Crippen LogP contribution in [0.2, 0.25) is 0 Å². The van der Waals surface area contributed by atoms with Gasteiger partial charge >= 0.3 is 0 Å². The molecule has 39 heavy (non-hydrogen) atoms. The fourth-order valence-electron chi connectivity index (χ4n) is 5.15. The van der Waals surface area contributed by atoms with Gasteiger partial charge in [-0.25, -0.2) is 18.4 Å². The van der Waals surface area contributed by atoms with E-state index in [1.54, 1.807) is 27.0 Å². The van der Waals surface area contributed by atoms with Gasteiger partial charge in [0, 0.05) is 45.6 Å². The maximum atomic E-state index is 12.6. The van der Waals surface area contributed by atoms with Gasteiger partial charge < -0.3 is 14.7 Å². The summed E-state index contributed by atoms with van der Waals surface area (Å²) >= 11 is 3.32. The van der Waals surface area contributed by atoms with Crippen LogP contribution in [0.5, 0.6) is 5.19 Å². The molecule has 2 aromatic carbocycles. The van der Waals surface area contributed by atoms with Crippen molar-refractivity contribution in [1.29, 1.82) is 0 Å². The molecule has 0 unspecified atom stereocenters. The smallest absolute Gasteiger partial charge is 0.274 e. The number of aromatic nitrogens is 2. The Bertz CT molecular complexity index is 1560. The molecule has 1 fully saturated rings. The minimum absolute atomic E-state index is 0.0245. The molecule has 2 aromatic heterocycles. The number of para-hydroxylation sites is 1. The first kappa shape index (κ1) is 26.6. The molecule has 0 amide bonds. The lowest BCUT2D eigenvalue weighted by molar-refractivity contribution is 0.170. The third kappa shape index (κ3) is 5.97. The lowest BCUT2D eigenvalue weighted by Crippen LogP contribution is -2.38. The van der Waals surface area contributed by atoms with Crippen molar-refractivity contribution in [3.63, 3.8) is 0 Å². The van der Waals surface area contributed by atoms with Crippen LogP contribution in [0.3, 0.4) is 0 Å². The summed E-state index contributed by atoms with van der Waals surface area (Å²) in [5.74, 6) is 0.0906. The molecule has 2 aliphatic heterocycles. The fraction of sp³-hybridized carbons (Fsp3) is 0.429. The number of aliphatic hydroxyl groups excluding tert-OH is 1. The Morgan fingerprint density at radius 1 is 0.974 bits per heavy atom. The third-order valence-corrected chi connectivity index (χ3v) is 11.3. The van der Waals surface area contributed by atoms with Crippen molar-refractivity contribution in [3.05, 3.63) is 54.1 Å². The number of nitrogens with zero attached hydrogens (tertiary/aromatic N) is 4. The van der Waals surface area contributed by atoms with Crippen LogP contribution in [0.1, 0.15) is 37.7 Å². The number of fused-ring (bicyclic) bond motifs is 2. The average Bonchev–Trinajstić information content (AvgIpc) is 3.57. The number of hydrogen-bond donors (Lipinski definition) is 1. The van der Waals surface area contributed by atoms with Crippen molar-refractivity contribution in [2.24, 2.45) is 0 Å². The van der Waals surface area contributed by atoms with Crippen LogP contribution in [0, 0.1) is 0 Å². The van der Waals surface area contributed by atoms with Gasteiger partial charge in [0.15, 0.2) is 5.13 Å². The monoisotopic (exact) mass is 584 g/mol. The molecule has 0 radical (unpaired) electrons. The highest BCUT2D eigenvalue weighted by Gasteiger charge is 2.25. The molecule has 0 saturated carbocycles. The van der Waals surface area contributed by atoms with E-state index in [0.29, 0.717) is 37.5 Å². The Labute approximate surface area is 236 Å². The van der Waals surface area contributed by atoms with Crippen LogP contribution >= 0.6 is 22.7 Å². The second-order valence-corrected chi connectivity index (χ2v) is 14.1. The lowest BCUT2D eigenvalue weighted by Gasteiger charge is -2.31. The molecule has 0 aliphatic carbocycles. The third-order valence-electron chi connectivity index (χ3n) is 7.38. The average molecular weight is 585 g/mol. The van der Waals surface area contributed by atoms with Crippen LogP contribution in [0.15, 0.2) is 48.5 Å². The zero-order valence-corrected chi connectivity index (χ0v) is 24.1. The normalized spacial score (nSPS) is 17.7. The Morgan fingerprint density at radius 3 is 2.56 bits per heavy atom. The Kier molecular flexibility index (Phi) is 7.86. The Morgan fingerprint density at radius 2 is 1.79 bits per heavy atom. The molecular weight excluding hydrogens is 553 g/mol. The topological polar surface area (TPSA) is 95.9 Å². The van der Waals surface area contributed by atoms with Gasteiger partial charge in [-0.3, -0.25) is 0 Å². The maximum Gasteiger partial charge on any atom is 0.274 e. The SMILES string of the molecule is O=S(=O)(CCCCO)N1CC=C(c2ccc3nc(OC4CCN(c5nc6ccccc6s5)CC4)sc3c2)CC1. The summed E-state index contributed by atoms with van der Waals surface area (Å²) in [6, 6.07) is 14.5. The molecule has 1 saturated heterocycles. The number of anilines is 1. The van der Waals surface area contributed by atoms with Gasteiger partial charge in [-0.2, -0.15) is 4.31 Å². The number of benzene rings is 2. The van der Waals surface area contributed by atoms with Gasteiger partial charge in [-0.05, 0) is 54.7 Å². The summed E-state index contributed by atoms with van der Waals surface area (Å²) in [5, 5.41) is 10.7. The highest BCUT2D eigenvalue weighted by molar-refractivity contribution is 7.89. The van der Waals surface area contributed by atoms with Gasteiger partial charge in [0.25, 0.3) is 5.19 Å². The molecule has 8 nitrogen and oxygen atoms in total. The van der Waals surface area contributed by atoms with Gasteiger partial charge in [0.2, 0.25) is 10.0 Å². The molecule has 1 N–H and O–H groups in total. The van der Waals surface area contributed by atoms with Gasteiger partial charge in [-0.15, -0.1) is 0 Å². The molecule has 4 heterocycles. The van der Waals surface area contributed by atoms with Crippen LogP contribution in [-0.2, 0) is 10.0 Å². The van der Waals surface area contributed by atoms with Crippen LogP contribution in [0.4, 0.5) is 5.13 Å². The van der Waals surface area contributed by atoms with Crippen molar-refractivity contribution in [2.75, 3.05) is 43.4 Å². The number of sulfonamides is 1. The zero-order chi connectivity index (χ0) is 26.8. The number of thiazole rings is 2. The van der Waals surface area contributed by atoms with Crippen molar-refractivity contribution >= 4 is 63.8 Å². The predicted octanol–water partition coefficient (Wildman–Crippen LogP) is 5.15. The molecule has 0 bridgehead atoms. The summed E-state index contributed by atoms with van der Waals surface area (Å²) < 4.78 is 35.3. The molecular formula is C28H32N4O4S3. The van der Waals surface area contributed by atoms with E-state index in [-0.39, 0.29) is 18.5 Å². The first-order valence-electron chi connectivity index (χ1n) is 13.4. The number of hydrogen-bond acceptors (Lipinski definition) is 9. The van der Waals surface area contributed by atoms with Crippen molar-refractivity contribution in [1.82, 2.24) is 14.3 Å². The molecule has 206 valence electrons. The minimum Gasteiger partial charge on any atom is -0.467 e. The summed E-state index contributed by atoms with van der Waals surface area (Å²) in [6.45, 7) is 2.74. The second kappa shape index (κ2) is 11.5. The quantitative estimate of drug-likeness (QED) is 0.272. The minimum atomic E-state index is -3.29. The van der Waals surface area contributed by atoms with E-state index in [0.717, 1.165) is 57.9 Å². The first-order valence-corrected chi connectivity index (χ1v) is 16.7. The number of piperidine rings is 1. The van der Waals surface area contributed by atoms with E-state index >= 15 is 0 Å². The van der Waals surface area contributed by atoms with Crippen molar-refractivity contribution < 1.29 is 18.3 Å². The summed E-state index contributed by atoms with van der Waals surface area (Å²) in [7, 11) is -3.29. The Balaban J connectivity index is 1.06. The predicted molar refractivity (Wildman–Crippen MR) is 159 cm³/mol. The van der Waals surface area contributed by atoms with E-state index in [1.165, 1.54) is 4.70 Å². The van der Waals surface area contributed by atoms with E-state index in [9.17, 15) is 8.42 Å². The number of ether oxygens (including phenoxy) is 1. The van der Waals surface area contributed by atoms with Gasteiger partial charge in [0.05, 0.1) is 26.2 Å². The molecule has 0 atom stereocenters.